The van der Waals surface area contributed by atoms with Crippen molar-refractivity contribution in [1.82, 2.24) is 19.9 Å². The minimum Gasteiger partial charge on any atom is -0.493 e. The summed E-state index contributed by atoms with van der Waals surface area (Å²) in [5.74, 6) is -0.167. The van der Waals surface area contributed by atoms with E-state index >= 15 is 0 Å². The van der Waals surface area contributed by atoms with Crippen molar-refractivity contribution in [3.63, 3.8) is 0 Å². The first-order valence-corrected chi connectivity index (χ1v) is 13.5. The molecule has 0 unspecified atom stereocenters. The lowest BCUT2D eigenvalue weighted by Gasteiger charge is -2.14. The predicted molar refractivity (Wildman–Crippen MR) is 163 cm³/mol. The van der Waals surface area contributed by atoms with Crippen LogP contribution in [0.4, 0.5) is 21.7 Å². The molecule has 0 aliphatic carbocycles. The molecule has 0 saturated carbocycles. The zero-order chi connectivity index (χ0) is 31.1. The van der Waals surface area contributed by atoms with E-state index in [1.54, 1.807) is 68.6 Å². The second kappa shape index (κ2) is 13.3. The number of ether oxygens (including phenoxy) is 2. The number of amides is 2. The van der Waals surface area contributed by atoms with E-state index in [2.05, 4.69) is 25.9 Å². The van der Waals surface area contributed by atoms with Crippen LogP contribution >= 0.6 is 0 Å². The van der Waals surface area contributed by atoms with E-state index in [4.69, 9.17) is 9.47 Å². The maximum absolute atomic E-state index is 13.4. The zero-order valence-electron chi connectivity index (χ0n) is 23.7. The Kier molecular flexibility index (Phi) is 8.90. The van der Waals surface area contributed by atoms with Gasteiger partial charge in [-0.15, -0.1) is 0 Å². The van der Waals surface area contributed by atoms with E-state index in [1.165, 1.54) is 47.3 Å². The molecular weight excluding hydrogens is 567 g/mol. The summed E-state index contributed by atoms with van der Waals surface area (Å²) in [6.45, 7) is 1.99. The van der Waals surface area contributed by atoms with Gasteiger partial charge in [-0.1, -0.05) is 0 Å². The van der Waals surface area contributed by atoms with Crippen LogP contribution in [0.15, 0.2) is 102 Å². The molecule has 2 aromatic heterocycles. The van der Waals surface area contributed by atoms with Crippen molar-refractivity contribution in [2.45, 2.75) is 6.92 Å². The minimum absolute atomic E-state index is 0.129. The largest absolute Gasteiger partial charge is 0.493 e. The summed E-state index contributed by atoms with van der Waals surface area (Å²) in [4.78, 5) is 46.9. The topological polar surface area (TPSA) is 136 Å². The third kappa shape index (κ3) is 6.87. The van der Waals surface area contributed by atoms with Crippen molar-refractivity contribution in [1.29, 1.82) is 0 Å². The van der Waals surface area contributed by atoms with Crippen LogP contribution < -0.4 is 31.0 Å². The van der Waals surface area contributed by atoms with E-state index in [-0.39, 0.29) is 29.7 Å². The maximum atomic E-state index is 13.4. The van der Waals surface area contributed by atoms with Crippen LogP contribution in [0.2, 0.25) is 0 Å². The Labute approximate surface area is 251 Å². The molecule has 44 heavy (non-hydrogen) atoms. The summed E-state index contributed by atoms with van der Waals surface area (Å²) >= 11 is 0. The molecule has 0 saturated heterocycles. The molecule has 0 aliphatic heterocycles. The third-order valence-corrected chi connectivity index (χ3v) is 6.28. The van der Waals surface area contributed by atoms with E-state index < -0.39 is 17.3 Å². The maximum Gasteiger partial charge on any atom is 0.271 e. The smallest absolute Gasteiger partial charge is 0.271 e. The lowest BCUT2D eigenvalue weighted by atomic mass is 10.2. The fraction of sp³-hybridized carbons (Fsp3) is 0.0938. The third-order valence-electron chi connectivity index (χ3n) is 6.28. The molecule has 0 aliphatic rings. The zero-order valence-corrected chi connectivity index (χ0v) is 23.7. The highest BCUT2D eigenvalue weighted by molar-refractivity contribution is 6.06. The molecule has 2 amide bonds. The highest BCUT2D eigenvalue weighted by Gasteiger charge is 2.20. The molecule has 0 atom stereocenters. The van der Waals surface area contributed by atoms with Crippen molar-refractivity contribution in [2.75, 3.05) is 24.3 Å². The molecule has 12 heteroatoms. The summed E-state index contributed by atoms with van der Waals surface area (Å²) in [6.07, 6.45) is 3.01. The second-order valence-electron chi connectivity index (χ2n) is 9.22. The van der Waals surface area contributed by atoms with Gasteiger partial charge in [-0.3, -0.25) is 19.0 Å². The average Bonchev–Trinajstić information content (AvgIpc) is 3.03. The van der Waals surface area contributed by atoms with Gasteiger partial charge in [0.2, 0.25) is 11.8 Å². The monoisotopic (exact) mass is 594 g/mol. The lowest BCUT2D eigenvalue weighted by Crippen LogP contribution is -2.29. The SMILES string of the molecule is CCOc1ccn(-c2ccc(F)cc2)c(=O)c1C(=O)Nc1ccc(Oc2ccnc(Nc3ccc(C(=O)NC)cc3)n2)cc1. The Bertz CT molecular complexity index is 1840. The van der Waals surface area contributed by atoms with Gasteiger partial charge < -0.3 is 25.4 Å². The molecule has 222 valence electrons. The first kappa shape index (κ1) is 29.5. The molecule has 5 aromatic rings. The molecular formula is C32H27FN6O5. The van der Waals surface area contributed by atoms with Crippen LogP contribution in [0.25, 0.3) is 5.69 Å². The van der Waals surface area contributed by atoms with Crippen LogP contribution in [-0.4, -0.2) is 40.0 Å². The van der Waals surface area contributed by atoms with Gasteiger partial charge in [0.05, 0.1) is 6.61 Å². The van der Waals surface area contributed by atoms with E-state index in [0.29, 0.717) is 34.3 Å². The fourth-order valence-electron chi connectivity index (χ4n) is 4.17. The standard InChI is InChI=1S/C32H27FN6O5/c1-3-43-26-17-19-39(24-12-6-21(33)7-13-24)31(42)28(26)30(41)36-22-10-14-25(15-11-22)44-27-16-18-35-32(38-27)37-23-8-4-20(5-9-23)29(40)34-2/h4-19H,3H2,1-2H3,(H,34,40)(H,36,41)(H,35,37,38). The summed E-state index contributed by atoms with van der Waals surface area (Å²) in [6, 6.07) is 21.8. The summed E-state index contributed by atoms with van der Waals surface area (Å²) in [5.41, 5.74) is 1.21. The number of carbonyl (C=O) groups is 2. The highest BCUT2D eigenvalue weighted by atomic mass is 19.1. The van der Waals surface area contributed by atoms with Gasteiger partial charge in [-0.2, -0.15) is 4.98 Å². The van der Waals surface area contributed by atoms with Crippen molar-refractivity contribution in [3.05, 3.63) is 125 Å². The van der Waals surface area contributed by atoms with Crippen molar-refractivity contribution in [3.8, 4) is 23.1 Å². The number of carbonyl (C=O) groups excluding carboxylic acids is 2. The summed E-state index contributed by atoms with van der Waals surface area (Å²) < 4.78 is 26.1. The number of anilines is 3. The molecule has 11 nitrogen and oxygen atoms in total. The normalized spacial score (nSPS) is 10.5. The molecule has 3 N–H and O–H groups in total. The Balaban J connectivity index is 1.28. The van der Waals surface area contributed by atoms with Crippen molar-refractivity contribution >= 4 is 29.1 Å². The Hall–Kier alpha value is -6.04. The molecule has 0 spiro atoms. The average molecular weight is 595 g/mol. The summed E-state index contributed by atoms with van der Waals surface area (Å²) in [7, 11) is 1.57. The van der Waals surface area contributed by atoms with Crippen LogP contribution in [0.5, 0.6) is 17.4 Å². The number of benzene rings is 3. The molecule has 2 heterocycles. The van der Waals surface area contributed by atoms with Gasteiger partial charge in [0.1, 0.15) is 22.9 Å². The molecule has 0 bridgehead atoms. The number of hydrogen-bond donors (Lipinski definition) is 3. The summed E-state index contributed by atoms with van der Waals surface area (Å²) in [5, 5.41) is 8.35. The van der Waals surface area contributed by atoms with Gasteiger partial charge in [0.15, 0.2) is 0 Å². The number of aromatic nitrogens is 3. The number of hydrogen-bond acceptors (Lipinski definition) is 8. The predicted octanol–water partition coefficient (Wildman–Crippen LogP) is 5.31. The second-order valence-corrected chi connectivity index (χ2v) is 9.22. The number of nitrogens with zero attached hydrogens (tertiary/aromatic N) is 3. The minimum atomic E-state index is -0.668. The molecule has 0 fully saturated rings. The Morgan fingerprint density at radius 1 is 0.886 bits per heavy atom. The quantitative estimate of drug-likeness (QED) is 0.198. The Morgan fingerprint density at radius 3 is 2.27 bits per heavy atom. The first-order valence-electron chi connectivity index (χ1n) is 13.5. The van der Waals surface area contributed by atoms with Crippen LogP contribution in [-0.2, 0) is 0 Å². The molecule has 0 radical (unpaired) electrons. The molecule has 5 rings (SSSR count). The van der Waals surface area contributed by atoms with Crippen LogP contribution in [0, 0.1) is 5.82 Å². The van der Waals surface area contributed by atoms with Crippen molar-refractivity contribution < 1.29 is 23.5 Å². The first-order chi connectivity index (χ1) is 21.3. The van der Waals surface area contributed by atoms with Gasteiger partial charge in [-0.05, 0) is 85.8 Å². The van der Waals surface area contributed by atoms with Gasteiger partial charge in [-0.25, -0.2) is 9.37 Å². The number of nitrogens with one attached hydrogen (secondary N) is 3. The van der Waals surface area contributed by atoms with Gasteiger partial charge >= 0.3 is 0 Å². The van der Waals surface area contributed by atoms with Crippen LogP contribution in [0.3, 0.4) is 0 Å². The van der Waals surface area contributed by atoms with E-state index in [1.807, 2.05) is 0 Å². The highest BCUT2D eigenvalue weighted by Crippen LogP contribution is 2.24. The number of rotatable bonds is 10. The van der Waals surface area contributed by atoms with Gasteiger partial charge in [0.25, 0.3) is 17.4 Å². The lowest BCUT2D eigenvalue weighted by molar-refractivity contribution is 0.0962. The fourth-order valence-corrected chi connectivity index (χ4v) is 4.17. The van der Waals surface area contributed by atoms with E-state index in [9.17, 15) is 18.8 Å². The number of halogens is 1. The van der Waals surface area contributed by atoms with Crippen LogP contribution in [0.1, 0.15) is 27.6 Å². The van der Waals surface area contributed by atoms with Gasteiger partial charge in [0, 0.05) is 48.1 Å². The van der Waals surface area contributed by atoms with E-state index in [0.717, 1.165) is 0 Å². The number of pyridine rings is 1. The Morgan fingerprint density at radius 2 is 1.59 bits per heavy atom. The molecule has 3 aromatic carbocycles. The van der Waals surface area contributed by atoms with Crippen molar-refractivity contribution in [2.24, 2.45) is 0 Å².